The molecule has 0 bridgehead atoms. The zero-order valence-electron chi connectivity index (χ0n) is 28.9. The van der Waals surface area contributed by atoms with E-state index >= 15 is 0 Å². The number of hydrogen-bond acceptors (Lipinski definition) is 8. The lowest BCUT2D eigenvalue weighted by Crippen LogP contribution is -1.98. The Morgan fingerprint density at radius 1 is 0.436 bits per heavy atom. The molecule has 8 heterocycles. The van der Waals surface area contributed by atoms with E-state index in [1.807, 2.05) is 75.9 Å². The fourth-order valence-corrected chi connectivity index (χ4v) is 7.47. The first-order chi connectivity index (χ1) is 27.1. The van der Waals surface area contributed by atoms with E-state index in [-0.39, 0.29) is 0 Å². The van der Waals surface area contributed by atoms with Gasteiger partial charge in [0.15, 0.2) is 16.9 Å². The minimum Gasteiger partial charge on any atom is -0.343 e. The van der Waals surface area contributed by atoms with Crippen LogP contribution in [-0.4, -0.2) is 54.0 Å². The van der Waals surface area contributed by atoms with Crippen molar-refractivity contribution >= 4 is 100 Å². The summed E-state index contributed by atoms with van der Waals surface area (Å²) in [6.07, 6.45) is 14.1. The number of imidazole rings is 3. The molecule has 13 heteroatoms. The van der Waals surface area contributed by atoms with E-state index in [2.05, 4.69) is 145 Å². The number of halogens is 2. The molecule has 1 N–H and O–H groups in total. The van der Waals surface area contributed by atoms with Crippen molar-refractivity contribution in [1.29, 1.82) is 0 Å². The molecule has 266 valence electrons. The molecule has 0 saturated heterocycles. The molecule has 3 aromatic carbocycles. The van der Waals surface area contributed by atoms with Crippen LogP contribution in [0.3, 0.4) is 0 Å². The number of benzene rings is 3. The van der Waals surface area contributed by atoms with E-state index in [4.69, 9.17) is 0 Å². The predicted molar refractivity (Wildman–Crippen MR) is 234 cm³/mol. The molecular formula is C42H29I2N11. The summed E-state index contributed by atoms with van der Waals surface area (Å²) in [6.45, 7) is 0. The Bertz CT molecular complexity index is 2820. The molecule has 0 aliphatic carbocycles. The summed E-state index contributed by atoms with van der Waals surface area (Å²) in [7, 11) is 0. The van der Waals surface area contributed by atoms with Gasteiger partial charge in [-0.2, -0.15) is 0 Å². The lowest BCUT2D eigenvalue weighted by molar-refractivity contribution is 1.03. The highest BCUT2D eigenvalue weighted by Crippen LogP contribution is 2.22. The summed E-state index contributed by atoms with van der Waals surface area (Å²) < 4.78 is 6.56. The van der Waals surface area contributed by atoms with E-state index in [1.54, 1.807) is 50.0 Å². The maximum atomic E-state index is 4.43. The molecule has 0 radical (unpaired) electrons. The van der Waals surface area contributed by atoms with Crippen LogP contribution in [0, 0.1) is 7.14 Å². The average Bonchev–Trinajstić information content (AvgIpc) is 4.01. The first kappa shape index (κ1) is 35.8. The van der Waals surface area contributed by atoms with Gasteiger partial charge in [-0.1, -0.05) is 36.4 Å². The Labute approximate surface area is 341 Å². The van der Waals surface area contributed by atoms with Gasteiger partial charge in [0.2, 0.25) is 0 Å². The monoisotopic (exact) mass is 941 g/mol. The van der Waals surface area contributed by atoms with Gasteiger partial charge in [0.1, 0.15) is 23.7 Å². The standard InChI is InChI=1S/C18H12N6.C12H8N2.C6H4I2.C6H5N3/c1-4-13(23-11-21-15-6-2-8-19-17(15)23)10-14(5-1)24-12-22-16-7-3-9-20-18(16)24;1-3-9-5-6-10-4-2-8-14-12(10)11(9)13-7-1;7-5-2-1-3-6(8)4-5;1-2-5-6(7-3-1)9-4-8-5/h1-12H;1-8H;1-4H;1-4H,(H,7,8,9). The van der Waals surface area contributed by atoms with Crippen LogP contribution in [0.25, 0.3) is 66.7 Å². The smallest absolute Gasteiger partial charge is 0.177 e. The third kappa shape index (κ3) is 8.32. The van der Waals surface area contributed by atoms with Crippen molar-refractivity contribution in [3.05, 3.63) is 178 Å². The van der Waals surface area contributed by atoms with Crippen LogP contribution in [0.4, 0.5) is 0 Å². The summed E-state index contributed by atoms with van der Waals surface area (Å²) in [5, 5.41) is 2.28. The Morgan fingerprint density at radius 2 is 0.945 bits per heavy atom. The molecule has 11 aromatic rings. The van der Waals surface area contributed by atoms with Crippen LogP contribution in [0.2, 0.25) is 0 Å². The molecule has 0 amide bonds. The van der Waals surface area contributed by atoms with Crippen LogP contribution in [0.5, 0.6) is 0 Å². The number of hydrogen-bond donors (Lipinski definition) is 1. The Morgan fingerprint density at radius 3 is 1.49 bits per heavy atom. The topological polar surface area (TPSA) is 129 Å². The fraction of sp³-hybridized carbons (Fsp3) is 0. The second kappa shape index (κ2) is 16.9. The first-order valence-electron chi connectivity index (χ1n) is 17.0. The lowest BCUT2D eigenvalue weighted by Gasteiger charge is -2.08. The van der Waals surface area contributed by atoms with E-state index in [9.17, 15) is 0 Å². The van der Waals surface area contributed by atoms with Crippen molar-refractivity contribution in [1.82, 2.24) is 54.0 Å². The Balaban J connectivity index is 0.000000116. The van der Waals surface area contributed by atoms with Crippen molar-refractivity contribution in [3.8, 4) is 11.4 Å². The van der Waals surface area contributed by atoms with Crippen molar-refractivity contribution in [2.75, 3.05) is 0 Å². The number of aromatic nitrogens is 11. The van der Waals surface area contributed by atoms with Gasteiger partial charge in [0.25, 0.3) is 0 Å². The maximum absolute atomic E-state index is 4.43. The zero-order chi connectivity index (χ0) is 37.4. The summed E-state index contributed by atoms with van der Waals surface area (Å²) in [6, 6.07) is 40.2. The molecule has 0 spiro atoms. The number of aromatic amines is 1. The third-order valence-corrected chi connectivity index (χ3v) is 9.67. The minimum absolute atomic E-state index is 0.775. The summed E-state index contributed by atoms with van der Waals surface area (Å²) in [4.78, 5) is 37.3. The van der Waals surface area contributed by atoms with Crippen LogP contribution in [0.1, 0.15) is 0 Å². The maximum Gasteiger partial charge on any atom is 0.177 e. The van der Waals surface area contributed by atoms with Crippen LogP contribution >= 0.6 is 45.2 Å². The molecule has 8 aromatic heterocycles. The number of nitrogens with one attached hydrogen (secondary N) is 1. The van der Waals surface area contributed by atoms with Gasteiger partial charge in [-0.15, -0.1) is 0 Å². The van der Waals surface area contributed by atoms with E-state index in [0.29, 0.717) is 0 Å². The predicted octanol–water partition coefficient (Wildman–Crippen LogP) is 9.79. The SMILES string of the molecule is Ic1cccc(I)c1.c1cc(-n2cnc3cccnc32)cc(-n2cnc3cccnc32)c1.c1cnc2c(c1)ccc1cccnc12.c1cnc2nc[nH]c2c1. The highest BCUT2D eigenvalue weighted by atomic mass is 127. The van der Waals surface area contributed by atoms with E-state index in [1.165, 1.54) is 7.14 Å². The van der Waals surface area contributed by atoms with Crippen LogP contribution in [0.15, 0.2) is 171 Å². The van der Waals surface area contributed by atoms with Crippen LogP contribution in [-0.2, 0) is 0 Å². The quantitative estimate of drug-likeness (QED) is 0.134. The van der Waals surface area contributed by atoms with Crippen molar-refractivity contribution in [3.63, 3.8) is 0 Å². The van der Waals surface area contributed by atoms with Gasteiger partial charge in [-0.25, -0.2) is 29.9 Å². The Kier molecular flexibility index (Phi) is 11.0. The molecular weight excluding hydrogens is 912 g/mol. The zero-order valence-corrected chi connectivity index (χ0v) is 33.2. The average molecular weight is 942 g/mol. The number of pyridine rings is 5. The van der Waals surface area contributed by atoms with E-state index < -0.39 is 0 Å². The highest BCUT2D eigenvalue weighted by molar-refractivity contribution is 14.1. The minimum atomic E-state index is 0.775. The molecule has 0 aliphatic rings. The molecule has 55 heavy (non-hydrogen) atoms. The van der Waals surface area contributed by atoms with Gasteiger partial charge >= 0.3 is 0 Å². The molecule has 0 atom stereocenters. The molecule has 11 nitrogen and oxygen atoms in total. The second-order valence-corrected chi connectivity index (χ2v) is 14.4. The number of rotatable bonds is 2. The summed E-state index contributed by atoms with van der Waals surface area (Å²) in [5.74, 6) is 0. The van der Waals surface area contributed by atoms with Crippen molar-refractivity contribution in [2.45, 2.75) is 0 Å². The van der Waals surface area contributed by atoms with Gasteiger partial charge in [0, 0.05) is 48.9 Å². The highest BCUT2D eigenvalue weighted by Gasteiger charge is 2.09. The van der Waals surface area contributed by atoms with Crippen LogP contribution < -0.4 is 0 Å². The third-order valence-electron chi connectivity index (χ3n) is 8.32. The number of nitrogens with zero attached hydrogens (tertiary/aromatic N) is 10. The largest absolute Gasteiger partial charge is 0.343 e. The lowest BCUT2D eigenvalue weighted by atomic mass is 10.1. The molecule has 0 unspecified atom stereocenters. The van der Waals surface area contributed by atoms with Gasteiger partial charge in [-0.05, 0) is 130 Å². The fourth-order valence-electron chi connectivity index (χ4n) is 5.78. The van der Waals surface area contributed by atoms with Crippen molar-refractivity contribution in [2.24, 2.45) is 0 Å². The normalized spacial score (nSPS) is 10.7. The first-order valence-corrected chi connectivity index (χ1v) is 19.2. The summed E-state index contributed by atoms with van der Waals surface area (Å²) in [5.41, 5.74) is 9.12. The van der Waals surface area contributed by atoms with Gasteiger partial charge in [-0.3, -0.25) is 19.1 Å². The number of H-pyrrole nitrogens is 1. The number of fused-ring (bicyclic) bond motifs is 6. The van der Waals surface area contributed by atoms with E-state index in [0.717, 1.165) is 66.7 Å². The Hall–Kier alpha value is -6.20. The molecule has 0 aliphatic heterocycles. The summed E-state index contributed by atoms with van der Waals surface area (Å²) >= 11 is 4.60. The van der Waals surface area contributed by atoms with Gasteiger partial charge < -0.3 is 4.98 Å². The van der Waals surface area contributed by atoms with Gasteiger partial charge in [0.05, 0.1) is 34.3 Å². The molecule has 0 saturated carbocycles. The molecule has 0 fully saturated rings. The second-order valence-electron chi connectivity index (χ2n) is 11.9. The molecule has 11 rings (SSSR count). The van der Waals surface area contributed by atoms with Crippen molar-refractivity contribution < 1.29 is 0 Å².